The second kappa shape index (κ2) is 9.88. The first-order valence-corrected chi connectivity index (χ1v) is 14.0. The van der Waals surface area contributed by atoms with E-state index in [0.717, 1.165) is 40.5 Å². The second-order valence-corrected chi connectivity index (χ2v) is 10.9. The highest BCUT2D eigenvalue weighted by Crippen LogP contribution is 2.48. The molecule has 1 atom stereocenters. The van der Waals surface area contributed by atoms with E-state index in [9.17, 15) is 5.11 Å². The topological polar surface area (TPSA) is 71.3 Å². The van der Waals surface area contributed by atoms with Gasteiger partial charge in [0.1, 0.15) is 10.8 Å². The first kappa shape index (κ1) is 23.5. The van der Waals surface area contributed by atoms with Crippen LogP contribution in [-0.2, 0) is 0 Å². The predicted molar refractivity (Wildman–Crippen MR) is 148 cm³/mol. The molecule has 2 fully saturated rings. The Labute approximate surface area is 216 Å². The Balaban J connectivity index is 1.44. The molecule has 4 aromatic rings. The summed E-state index contributed by atoms with van der Waals surface area (Å²) in [6.45, 7) is 4.73. The molecule has 36 heavy (non-hydrogen) atoms. The first-order chi connectivity index (χ1) is 17.6. The Morgan fingerprint density at radius 2 is 1.89 bits per heavy atom. The molecule has 6 rings (SSSR count). The number of ether oxygens (including phenoxy) is 1. The van der Waals surface area contributed by atoms with Crippen molar-refractivity contribution in [1.82, 2.24) is 14.9 Å². The maximum Gasteiger partial charge on any atom is 0.181 e. The van der Waals surface area contributed by atoms with Crippen molar-refractivity contribution < 1.29 is 9.84 Å². The average molecular weight is 503 g/mol. The molecule has 0 radical (unpaired) electrons. The standard InChI is InChI=1S/C29H34N4O2S/c1-3-35-23-14-15-24-25(16-23)33(22-8-5-9-22)27(26(24)28-30-18(2)17-36-28)19-10-12-21(13-11-19)32-29(34)31-20-6-4-7-20/h10-17,20,22,29,31-32,34H,3-9H2,1-2H3. The van der Waals surface area contributed by atoms with Gasteiger partial charge in [0.2, 0.25) is 0 Å². The van der Waals surface area contributed by atoms with Gasteiger partial charge in [-0.2, -0.15) is 0 Å². The number of aromatic nitrogens is 2. The van der Waals surface area contributed by atoms with E-state index in [0.29, 0.717) is 18.7 Å². The van der Waals surface area contributed by atoms with Crippen LogP contribution in [0, 0.1) is 6.92 Å². The molecular weight excluding hydrogens is 468 g/mol. The molecule has 2 aliphatic rings. The summed E-state index contributed by atoms with van der Waals surface area (Å²) in [7, 11) is 0. The van der Waals surface area contributed by atoms with Crippen LogP contribution in [0.15, 0.2) is 47.8 Å². The Morgan fingerprint density at radius 1 is 1.11 bits per heavy atom. The minimum atomic E-state index is -0.742. The molecule has 2 heterocycles. The first-order valence-electron chi connectivity index (χ1n) is 13.1. The van der Waals surface area contributed by atoms with Crippen molar-refractivity contribution in [2.75, 3.05) is 11.9 Å². The number of nitrogens with zero attached hydrogens (tertiary/aromatic N) is 2. The third-order valence-corrected chi connectivity index (χ3v) is 8.50. The summed E-state index contributed by atoms with van der Waals surface area (Å²) in [6, 6.07) is 15.8. The summed E-state index contributed by atoms with van der Waals surface area (Å²) < 4.78 is 8.42. The van der Waals surface area contributed by atoms with Crippen LogP contribution in [0.1, 0.15) is 57.2 Å². The zero-order valence-corrected chi connectivity index (χ0v) is 21.8. The Bertz CT molecular complexity index is 1350. The molecule has 2 aromatic heterocycles. The highest BCUT2D eigenvalue weighted by Gasteiger charge is 2.29. The van der Waals surface area contributed by atoms with Crippen molar-refractivity contribution in [3.63, 3.8) is 0 Å². The van der Waals surface area contributed by atoms with E-state index >= 15 is 0 Å². The quantitative estimate of drug-likeness (QED) is 0.222. The molecule has 0 bridgehead atoms. The fraction of sp³-hybridized carbons (Fsp3) is 0.414. The van der Waals surface area contributed by atoms with Crippen molar-refractivity contribution in [3.05, 3.63) is 53.5 Å². The van der Waals surface area contributed by atoms with Crippen LogP contribution >= 0.6 is 11.3 Å². The molecule has 0 spiro atoms. The fourth-order valence-corrected chi connectivity index (χ4v) is 6.12. The third kappa shape index (κ3) is 4.40. The lowest BCUT2D eigenvalue weighted by Gasteiger charge is -2.30. The normalized spacial score (nSPS) is 17.1. The maximum absolute atomic E-state index is 10.4. The number of anilines is 1. The lowest BCUT2D eigenvalue weighted by molar-refractivity contribution is 0.128. The van der Waals surface area contributed by atoms with Gasteiger partial charge in [-0.05, 0) is 75.8 Å². The molecular formula is C29H34N4O2S. The van der Waals surface area contributed by atoms with Crippen LogP contribution in [0.25, 0.3) is 32.7 Å². The lowest BCUT2D eigenvalue weighted by atomic mass is 9.92. The highest BCUT2D eigenvalue weighted by molar-refractivity contribution is 7.13. The summed E-state index contributed by atoms with van der Waals surface area (Å²) in [5.41, 5.74) is 6.73. The Hall–Kier alpha value is -2.87. The van der Waals surface area contributed by atoms with Crippen molar-refractivity contribution in [2.24, 2.45) is 0 Å². The van der Waals surface area contributed by atoms with Crippen LogP contribution in [0.5, 0.6) is 5.75 Å². The van der Waals surface area contributed by atoms with E-state index in [1.807, 2.05) is 6.92 Å². The molecule has 1 unspecified atom stereocenters. The van der Waals surface area contributed by atoms with Crippen molar-refractivity contribution in [1.29, 1.82) is 0 Å². The number of nitrogens with one attached hydrogen (secondary N) is 2. The predicted octanol–water partition coefficient (Wildman–Crippen LogP) is 6.69. The molecule has 188 valence electrons. The Morgan fingerprint density at radius 3 is 2.50 bits per heavy atom. The maximum atomic E-state index is 10.4. The van der Waals surface area contributed by atoms with Crippen LogP contribution in [0.4, 0.5) is 5.69 Å². The van der Waals surface area contributed by atoms with Gasteiger partial charge in [-0.3, -0.25) is 5.32 Å². The van der Waals surface area contributed by atoms with E-state index < -0.39 is 6.35 Å². The van der Waals surface area contributed by atoms with Crippen LogP contribution in [0.3, 0.4) is 0 Å². The molecule has 7 heteroatoms. The number of aliphatic hydroxyl groups is 1. The van der Waals surface area contributed by atoms with Gasteiger partial charge < -0.3 is 19.7 Å². The largest absolute Gasteiger partial charge is 0.494 e. The van der Waals surface area contributed by atoms with E-state index in [1.54, 1.807) is 11.3 Å². The van der Waals surface area contributed by atoms with Gasteiger partial charge in [-0.25, -0.2) is 4.98 Å². The fourth-order valence-electron chi connectivity index (χ4n) is 5.26. The molecule has 2 aromatic carbocycles. The van der Waals surface area contributed by atoms with Crippen molar-refractivity contribution >= 4 is 27.9 Å². The zero-order valence-electron chi connectivity index (χ0n) is 21.0. The van der Waals surface area contributed by atoms with Gasteiger partial charge in [0.05, 0.1) is 17.8 Å². The average Bonchev–Trinajstić information content (AvgIpc) is 3.37. The number of rotatable bonds is 9. The molecule has 0 saturated heterocycles. The molecule has 2 saturated carbocycles. The van der Waals surface area contributed by atoms with Gasteiger partial charge in [0.25, 0.3) is 0 Å². The van der Waals surface area contributed by atoms with Gasteiger partial charge >= 0.3 is 0 Å². The number of fused-ring (bicyclic) bond motifs is 1. The number of hydrogen-bond donors (Lipinski definition) is 3. The van der Waals surface area contributed by atoms with Gasteiger partial charge in [-0.15, -0.1) is 11.3 Å². The van der Waals surface area contributed by atoms with E-state index in [2.05, 4.69) is 70.0 Å². The number of aryl methyl sites for hydroxylation is 1. The molecule has 0 aliphatic heterocycles. The van der Waals surface area contributed by atoms with Crippen molar-refractivity contribution in [2.45, 2.75) is 70.8 Å². The number of benzene rings is 2. The Kier molecular flexibility index (Phi) is 6.46. The molecule has 0 amide bonds. The smallest absolute Gasteiger partial charge is 0.181 e. The third-order valence-electron chi connectivity index (χ3n) is 7.52. The number of thiazole rings is 1. The summed E-state index contributed by atoms with van der Waals surface area (Å²) >= 11 is 1.71. The van der Waals surface area contributed by atoms with Crippen LogP contribution in [0.2, 0.25) is 0 Å². The summed E-state index contributed by atoms with van der Waals surface area (Å²) in [5.74, 6) is 0.906. The van der Waals surface area contributed by atoms with Crippen LogP contribution in [-0.4, -0.2) is 33.7 Å². The number of aliphatic hydroxyl groups excluding tert-OH is 1. The minimum Gasteiger partial charge on any atom is -0.494 e. The minimum absolute atomic E-state index is 0.413. The summed E-state index contributed by atoms with van der Waals surface area (Å²) in [6.07, 6.45) is 6.39. The lowest BCUT2D eigenvalue weighted by Crippen LogP contribution is -2.46. The van der Waals surface area contributed by atoms with Gasteiger partial charge in [0, 0.05) is 45.9 Å². The van der Waals surface area contributed by atoms with E-state index in [4.69, 9.17) is 9.72 Å². The summed E-state index contributed by atoms with van der Waals surface area (Å²) in [4.78, 5) is 4.91. The SMILES string of the molecule is CCOc1ccc2c(-c3nc(C)cs3)c(-c3ccc(NC(O)NC4CCC4)cc3)n(C3CCC3)c2c1. The second-order valence-electron chi connectivity index (χ2n) is 10.0. The molecule has 6 nitrogen and oxygen atoms in total. The van der Waals surface area contributed by atoms with Gasteiger partial charge in [-0.1, -0.05) is 18.6 Å². The highest BCUT2D eigenvalue weighted by atomic mass is 32.1. The number of hydrogen-bond acceptors (Lipinski definition) is 6. The van der Waals surface area contributed by atoms with Crippen molar-refractivity contribution in [3.8, 4) is 27.6 Å². The molecule has 3 N–H and O–H groups in total. The zero-order chi connectivity index (χ0) is 24.6. The van der Waals surface area contributed by atoms with Crippen LogP contribution < -0.4 is 15.4 Å². The summed E-state index contributed by atoms with van der Waals surface area (Å²) in [5, 5.41) is 21.2. The van der Waals surface area contributed by atoms with E-state index in [1.165, 1.54) is 47.8 Å². The van der Waals surface area contributed by atoms with Gasteiger partial charge in [0.15, 0.2) is 6.35 Å². The molecule has 2 aliphatic carbocycles. The van der Waals surface area contributed by atoms with E-state index in [-0.39, 0.29) is 0 Å². The monoisotopic (exact) mass is 502 g/mol.